The summed E-state index contributed by atoms with van der Waals surface area (Å²) in [7, 11) is -2.14. The van der Waals surface area contributed by atoms with Gasteiger partial charge in [-0.25, -0.2) is 4.36 Å². The number of halogens is 2. The number of hydrogen-bond donors (Lipinski definition) is 0. The average Bonchev–Trinajstić information content (AvgIpc) is 2.63. The molecule has 2 aromatic carbocycles. The highest BCUT2D eigenvalue weighted by Crippen LogP contribution is 2.33. The second kappa shape index (κ2) is 8.44. The van der Waals surface area contributed by atoms with Gasteiger partial charge < -0.3 is 4.90 Å². The minimum Gasteiger partial charge on any atom is -0.335 e. The summed E-state index contributed by atoms with van der Waals surface area (Å²) in [4.78, 5) is 14.9. The summed E-state index contributed by atoms with van der Waals surface area (Å²) in [6.07, 6.45) is 4.22. The molecule has 0 saturated carbocycles. The Morgan fingerprint density at radius 3 is 2.46 bits per heavy atom. The van der Waals surface area contributed by atoms with Crippen LogP contribution in [0.2, 0.25) is 10.0 Å². The fourth-order valence-electron chi connectivity index (χ4n) is 3.61. The van der Waals surface area contributed by atoms with E-state index in [-0.39, 0.29) is 18.4 Å². The molecule has 0 aliphatic carbocycles. The summed E-state index contributed by atoms with van der Waals surface area (Å²) >= 11 is 12.5. The molecule has 1 atom stereocenters. The number of nitrogens with zero attached hydrogens (tertiary/aromatic N) is 2. The van der Waals surface area contributed by atoms with Crippen LogP contribution >= 0.6 is 23.2 Å². The Morgan fingerprint density at radius 1 is 1.18 bits per heavy atom. The zero-order chi connectivity index (χ0) is 20.5. The van der Waals surface area contributed by atoms with Crippen LogP contribution in [0.4, 0.5) is 0 Å². The van der Waals surface area contributed by atoms with E-state index >= 15 is 0 Å². The largest absolute Gasteiger partial charge is 0.335 e. The van der Waals surface area contributed by atoms with Crippen molar-refractivity contribution < 1.29 is 9.00 Å². The van der Waals surface area contributed by atoms with Crippen LogP contribution in [0, 0.1) is 0 Å². The Hall–Kier alpha value is -1.56. The standard InChI is InChI=1S/C21H24Cl2N2O2S/c1-14-16-7-4-6-15(13-24-28(2,3)27)17(16)10-11-25(14)21(26)12-18-19(22)8-5-9-20(18)23/h4-9,14H,10-13H2,1-3H3. The van der Waals surface area contributed by atoms with Crippen LogP contribution in [-0.2, 0) is 33.9 Å². The molecule has 4 nitrogen and oxygen atoms in total. The van der Waals surface area contributed by atoms with E-state index in [1.807, 2.05) is 24.0 Å². The van der Waals surface area contributed by atoms with E-state index in [0.29, 0.717) is 28.7 Å². The van der Waals surface area contributed by atoms with Gasteiger partial charge in [0.2, 0.25) is 5.91 Å². The van der Waals surface area contributed by atoms with E-state index in [0.717, 1.165) is 17.5 Å². The molecule has 7 heteroatoms. The maximum Gasteiger partial charge on any atom is 0.227 e. The van der Waals surface area contributed by atoms with E-state index < -0.39 is 9.73 Å². The Labute approximate surface area is 177 Å². The first-order valence-corrected chi connectivity index (χ1v) is 12.2. The molecule has 28 heavy (non-hydrogen) atoms. The van der Waals surface area contributed by atoms with Crippen LogP contribution < -0.4 is 0 Å². The molecule has 150 valence electrons. The SMILES string of the molecule is CC1c2cccc(CN=S(C)(C)=O)c2CCN1C(=O)Cc1c(Cl)cccc1Cl. The van der Waals surface area contributed by atoms with E-state index in [9.17, 15) is 9.00 Å². The lowest BCUT2D eigenvalue weighted by molar-refractivity contribution is -0.133. The van der Waals surface area contributed by atoms with Gasteiger partial charge in [-0.3, -0.25) is 9.00 Å². The molecule has 3 rings (SSSR count). The molecule has 1 amide bonds. The lowest BCUT2D eigenvalue weighted by atomic mass is 9.89. The van der Waals surface area contributed by atoms with Crippen LogP contribution in [0.15, 0.2) is 40.8 Å². The Bertz CT molecular complexity index is 1000. The third kappa shape index (κ3) is 4.70. The predicted molar refractivity (Wildman–Crippen MR) is 117 cm³/mol. The molecule has 2 aromatic rings. The van der Waals surface area contributed by atoms with Gasteiger partial charge in [0.05, 0.1) is 19.0 Å². The molecule has 1 aliphatic heterocycles. The van der Waals surface area contributed by atoms with Gasteiger partial charge in [0, 0.05) is 38.8 Å². The zero-order valence-corrected chi connectivity index (χ0v) is 18.6. The van der Waals surface area contributed by atoms with E-state index in [2.05, 4.69) is 10.4 Å². The first-order valence-electron chi connectivity index (χ1n) is 9.13. The zero-order valence-electron chi connectivity index (χ0n) is 16.2. The molecule has 0 spiro atoms. The van der Waals surface area contributed by atoms with Crippen LogP contribution in [0.25, 0.3) is 0 Å². The third-order valence-electron chi connectivity index (χ3n) is 5.09. The summed E-state index contributed by atoms with van der Waals surface area (Å²) in [6.45, 7) is 3.10. The van der Waals surface area contributed by atoms with E-state index in [4.69, 9.17) is 23.2 Å². The van der Waals surface area contributed by atoms with Crippen LogP contribution in [0.3, 0.4) is 0 Å². The first kappa shape index (κ1) is 21.2. The van der Waals surface area contributed by atoms with Crippen molar-refractivity contribution in [2.24, 2.45) is 4.36 Å². The molecule has 0 aromatic heterocycles. The van der Waals surface area contributed by atoms with Crippen LogP contribution in [-0.4, -0.2) is 34.1 Å². The smallest absolute Gasteiger partial charge is 0.227 e. The van der Waals surface area contributed by atoms with Crippen LogP contribution in [0.1, 0.15) is 35.2 Å². The molecular formula is C21H24Cl2N2O2S. The second-order valence-corrected chi connectivity index (χ2v) is 10.8. The predicted octanol–water partition coefficient (Wildman–Crippen LogP) is 4.91. The number of rotatable bonds is 4. The van der Waals surface area contributed by atoms with Gasteiger partial charge in [-0.2, -0.15) is 0 Å². The number of hydrogen-bond acceptors (Lipinski definition) is 3. The van der Waals surface area contributed by atoms with Gasteiger partial charge in [-0.15, -0.1) is 0 Å². The van der Waals surface area contributed by atoms with Gasteiger partial charge in [0.1, 0.15) is 0 Å². The maximum absolute atomic E-state index is 13.0. The van der Waals surface area contributed by atoms with Gasteiger partial charge >= 0.3 is 0 Å². The molecule has 0 fully saturated rings. The summed E-state index contributed by atoms with van der Waals surface area (Å²) < 4.78 is 16.2. The number of carbonyl (C=O) groups excluding carboxylic acids is 1. The van der Waals surface area contributed by atoms with Crippen molar-refractivity contribution in [2.45, 2.75) is 32.4 Å². The lowest BCUT2D eigenvalue weighted by Gasteiger charge is -2.36. The maximum atomic E-state index is 13.0. The summed E-state index contributed by atoms with van der Waals surface area (Å²) in [5.74, 6) is 0.00776. The number of carbonyl (C=O) groups is 1. The minimum absolute atomic E-state index is 0.00776. The number of amides is 1. The second-order valence-electron chi connectivity index (χ2n) is 7.34. The summed E-state index contributed by atoms with van der Waals surface area (Å²) in [5, 5.41) is 1.02. The Balaban J connectivity index is 1.84. The highest BCUT2D eigenvalue weighted by atomic mass is 35.5. The van der Waals surface area contributed by atoms with Crippen LogP contribution in [0.5, 0.6) is 0 Å². The number of benzene rings is 2. The average molecular weight is 439 g/mol. The Morgan fingerprint density at radius 2 is 1.82 bits per heavy atom. The molecule has 1 aliphatic rings. The molecule has 1 unspecified atom stereocenters. The van der Waals surface area contributed by atoms with Crippen molar-refractivity contribution in [3.63, 3.8) is 0 Å². The fraction of sp³-hybridized carbons (Fsp3) is 0.381. The van der Waals surface area contributed by atoms with Crippen molar-refractivity contribution in [3.8, 4) is 0 Å². The topological polar surface area (TPSA) is 49.7 Å². The normalized spacial score (nSPS) is 16.6. The quantitative estimate of drug-likeness (QED) is 0.680. The monoisotopic (exact) mass is 438 g/mol. The molecule has 0 saturated heterocycles. The van der Waals surface area contributed by atoms with Crippen molar-refractivity contribution in [1.82, 2.24) is 4.90 Å². The molecule has 0 N–H and O–H groups in total. The highest BCUT2D eigenvalue weighted by Gasteiger charge is 2.29. The molecule has 1 heterocycles. The fourth-order valence-corrected chi connectivity index (χ4v) is 4.59. The molecule has 0 bridgehead atoms. The van der Waals surface area contributed by atoms with Gasteiger partial charge in [0.25, 0.3) is 0 Å². The summed E-state index contributed by atoms with van der Waals surface area (Å²) in [5.41, 5.74) is 4.09. The van der Waals surface area contributed by atoms with Crippen molar-refractivity contribution in [3.05, 3.63) is 68.7 Å². The van der Waals surface area contributed by atoms with Crippen molar-refractivity contribution in [1.29, 1.82) is 0 Å². The molecular weight excluding hydrogens is 415 g/mol. The summed E-state index contributed by atoms with van der Waals surface area (Å²) in [6, 6.07) is 11.3. The Kier molecular flexibility index (Phi) is 6.37. The lowest BCUT2D eigenvalue weighted by Crippen LogP contribution is -2.40. The van der Waals surface area contributed by atoms with Gasteiger partial charge in [-0.1, -0.05) is 47.5 Å². The van der Waals surface area contributed by atoms with Crippen molar-refractivity contribution >= 4 is 38.8 Å². The first-order chi connectivity index (χ1) is 13.2. The number of fused-ring (bicyclic) bond motifs is 1. The highest BCUT2D eigenvalue weighted by molar-refractivity contribution is 7.92. The van der Waals surface area contributed by atoms with E-state index in [1.54, 1.807) is 30.7 Å². The van der Waals surface area contributed by atoms with Crippen molar-refractivity contribution in [2.75, 3.05) is 19.1 Å². The third-order valence-corrected chi connectivity index (χ3v) is 6.54. The van der Waals surface area contributed by atoms with E-state index in [1.165, 1.54) is 5.56 Å². The minimum atomic E-state index is -2.14. The van der Waals surface area contributed by atoms with Gasteiger partial charge in [-0.05, 0) is 47.7 Å². The molecule has 0 radical (unpaired) electrons. The van der Waals surface area contributed by atoms with Gasteiger partial charge in [0.15, 0.2) is 0 Å².